The molecule has 0 bridgehead atoms. The van der Waals surface area contributed by atoms with E-state index in [0.717, 1.165) is 5.57 Å². The molecule has 1 atom stereocenters. The van der Waals surface area contributed by atoms with Crippen molar-refractivity contribution in [2.75, 3.05) is 26.7 Å². The molecule has 1 aliphatic heterocycles. The molecule has 1 aromatic carbocycles. The van der Waals surface area contributed by atoms with Crippen molar-refractivity contribution in [2.45, 2.75) is 40.3 Å². The van der Waals surface area contributed by atoms with Crippen LogP contribution in [0.2, 0.25) is 0 Å². The largest absolute Gasteiger partial charge is 0.402 e. The molecule has 0 aliphatic carbocycles. The molecule has 0 radical (unpaired) electrons. The van der Waals surface area contributed by atoms with Crippen molar-refractivity contribution in [1.82, 2.24) is 20.4 Å². The first-order valence-corrected chi connectivity index (χ1v) is 11.4. The molecule has 1 saturated heterocycles. The molecule has 9 heteroatoms. The third-order valence-electron chi connectivity index (χ3n) is 5.52. The second kappa shape index (κ2) is 12.2. The maximum Gasteiger partial charge on any atom is 0.324 e. The average molecular weight is 473 g/mol. The molecule has 1 unspecified atom stereocenters. The second-order valence-electron chi connectivity index (χ2n) is 8.72. The lowest BCUT2D eigenvalue weighted by molar-refractivity contribution is -0.123. The van der Waals surface area contributed by atoms with Crippen LogP contribution in [-0.2, 0) is 11.3 Å². The monoisotopic (exact) mass is 472 g/mol. The summed E-state index contributed by atoms with van der Waals surface area (Å²) in [6.45, 7) is 8.95. The summed E-state index contributed by atoms with van der Waals surface area (Å²) < 4.78 is 14.2. The molecule has 6 N–H and O–H groups in total. The normalized spacial score (nSPS) is 16.4. The maximum absolute atomic E-state index is 14.2. The van der Waals surface area contributed by atoms with Crippen LogP contribution in [0.1, 0.15) is 38.8 Å². The summed E-state index contributed by atoms with van der Waals surface area (Å²) >= 11 is 0. The van der Waals surface area contributed by atoms with Crippen LogP contribution >= 0.6 is 0 Å². The Labute approximate surface area is 201 Å². The minimum Gasteiger partial charge on any atom is -0.402 e. The van der Waals surface area contributed by atoms with E-state index in [0.29, 0.717) is 35.6 Å². The van der Waals surface area contributed by atoms with Gasteiger partial charge in [-0.3, -0.25) is 9.69 Å². The van der Waals surface area contributed by atoms with Crippen molar-refractivity contribution in [3.8, 4) is 0 Å². The number of hydrogen-bond donors (Lipinski definition) is 4. The van der Waals surface area contributed by atoms with Crippen LogP contribution in [0, 0.1) is 11.7 Å². The Morgan fingerprint density at radius 2 is 1.94 bits per heavy atom. The molecule has 186 valence electrons. The predicted octanol–water partition coefficient (Wildman–Crippen LogP) is 2.49. The van der Waals surface area contributed by atoms with Gasteiger partial charge in [0.05, 0.1) is 5.92 Å². The summed E-state index contributed by atoms with van der Waals surface area (Å²) in [6.07, 6.45) is 5.15. The van der Waals surface area contributed by atoms with Gasteiger partial charge in [-0.15, -0.1) is 0 Å². The van der Waals surface area contributed by atoms with E-state index in [1.165, 1.54) is 12.1 Å². The lowest BCUT2D eigenvalue weighted by Crippen LogP contribution is -2.36. The first kappa shape index (κ1) is 26.9. The first-order valence-electron chi connectivity index (χ1n) is 11.4. The van der Waals surface area contributed by atoms with Crippen molar-refractivity contribution in [3.63, 3.8) is 0 Å². The summed E-state index contributed by atoms with van der Waals surface area (Å²) in [5.41, 5.74) is 14.8. The van der Waals surface area contributed by atoms with Crippen LogP contribution in [0.15, 0.2) is 47.9 Å². The van der Waals surface area contributed by atoms with Gasteiger partial charge in [0.15, 0.2) is 0 Å². The number of benzene rings is 1. The van der Waals surface area contributed by atoms with E-state index in [2.05, 4.69) is 10.6 Å². The lowest BCUT2D eigenvalue weighted by Gasteiger charge is -2.23. The Hall–Kier alpha value is -3.33. The number of halogens is 1. The molecule has 1 heterocycles. The molecule has 3 amide bonds. The van der Waals surface area contributed by atoms with Crippen molar-refractivity contribution >= 4 is 17.5 Å². The fraction of sp³-hybridized carbons (Fsp3) is 0.440. The Kier molecular flexibility index (Phi) is 9.68. The van der Waals surface area contributed by atoms with E-state index >= 15 is 0 Å². The van der Waals surface area contributed by atoms with Gasteiger partial charge in [-0.05, 0) is 67.8 Å². The molecule has 0 spiro atoms. The van der Waals surface area contributed by atoms with E-state index in [1.807, 2.05) is 13.8 Å². The van der Waals surface area contributed by atoms with Gasteiger partial charge >= 0.3 is 6.03 Å². The summed E-state index contributed by atoms with van der Waals surface area (Å²) in [5, 5.41) is 5.75. The highest BCUT2D eigenvalue weighted by Crippen LogP contribution is 2.21. The highest BCUT2D eigenvalue weighted by atomic mass is 19.1. The van der Waals surface area contributed by atoms with Crippen LogP contribution in [0.5, 0.6) is 0 Å². The SMILES string of the molecule is CN/C=C(\CN)c1cc(F)cc(CNC(=O)C(C)/C=C(\C=C(\C)N)N2CCN(C(C)C)C2=O)c1. The quantitative estimate of drug-likeness (QED) is 0.391. The van der Waals surface area contributed by atoms with E-state index in [4.69, 9.17) is 11.5 Å². The van der Waals surface area contributed by atoms with Crippen molar-refractivity contribution < 1.29 is 14.0 Å². The minimum absolute atomic E-state index is 0.0846. The third-order valence-corrected chi connectivity index (χ3v) is 5.52. The summed E-state index contributed by atoms with van der Waals surface area (Å²) in [7, 11) is 1.75. The average Bonchev–Trinajstić information content (AvgIpc) is 3.16. The summed E-state index contributed by atoms with van der Waals surface area (Å²) in [4.78, 5) is 29.0. The number of allylic oxidation sites excluding steroid dienone is 2. The number of rotatable bonds is 10. The van der Waals surface area contributed by atoms with Crippen LogP contribution in [0.4, 0.5) is 9.18 Å². The molecule has 1 aromatic rings. The second-order valence-corrected chi connectivity index (χ2v) is 8.72. The fourth-order valence-electron chi connectivity index (χ4n) is 3.78. The van der Waals surface area contributed by atoms with Gasteiger partial charge in [0, 0.05) is 56.9 Å². The van der Waals surface area contributed by atoms with E-state index < -0.39 is 11.7 Å². The standard InChI is InChI=1S/C25H37FN6O2/c1-16(2)31-6-7-32(25(31)34)23(9-18(4)28)8-17(3)24(33)30-14-19-10-20(12-22(26)11-19)21(13-27)15-29-5/h8-12,15-17,29H,6-7,13-14,27-28H2,1-5H3,(H,30,33)/b18-9-,21-15+,23-8+. The number of nitrogens with two attached hydrogens (primary N) is 2. The Morgan fingerprint density at radius 3 is 2.50 bits per heavy atom. The van der Waals surface area contributed by atoms with Gasteiger partial charge < -0.3 is 27.0 Å². The van der Waals surface area contributed by atoms with Crippen molar-refractivity contribution in [2.24, 2.45) is 17.4 Å². The number of urea groups is 1. The molecule has 8 nitrogen and oxygen atoms in total. The van der Waals surface area contributed by atoms with Gasteiger partial charge in [-0.1, -0.05) is 6.92 Å². The van der Waals surface area contributed by atoms with Crippen molar-refractivity contribution in [3.05, 3.63) is 64.9 Å². The molecule has 2 rings (SSSR count). The number of nitrogens with zero attached hydrogens (tertiary/aromatic N) is 2. The molecular weight excluding hydrogens is 435 g/mol. The van der Waals surface area contributed by atoms with Crippen LogP contribution in [0.3, 0.4) is 0 Å². The molecule has 0 aromatic heterocycles. The molecule has 0 saturated carbocycles. The zero-order valence-corrected chi connectivity index (χ0v) is 20.7. The first-order chi connectivity index (χ1) is 16.1. The number of carbonyl (C=O) groups excluding carboxylic acids is 2. The smallest absolute Gasteiger partial charge is 0.324 e. The molecule has 1 aliphatic rings. The van der Waals surface area contributed by atoms with Gasteiger partial charge in [0.2, 0.25) is 5.91 Å². The predicted molar refractivity (Wildman–Crippen MR) is 133 cm³/mol. The number of nitrogens with one attached hydrogen (secondary N) is 2. The Balaban J connectivity index is 2.16. The van der Waals surface area contributed by atoms with Crippen molar-refractivity contribution in [1.29, 1.82) is 0 Å². The topological polar surface area (TPSA) is 117 Å². The van der Waals surface area contributed by atoms with E-state index in [-0.39, 0.29) is 31.1 Å². The lowest BCUT2D eigenvalue weighted by atomic mass is 10.0. The highest BCUT2D eigenvalue weighted by Gasteiger charge is 2.32. The maximum atomic E-state index is 14.2. The van der Waals surface area contributed by atoms with Gasteiger partial charge in [0.1, 0.15) is 5.82 Å². The Bertz CT molecular complexity index is 982. The van der Waals surface area contributed by atoms with Gasteiger partial charge in [-0.2, -0.15) is 0 Å². The minimum atomic E-state index is -0.539. The van der Waals surface area contributed by atoms with E-state index in [1.54, 1.807) is 55.1 Å². The zero-order valence-electron chi connectivity index (χ0n) is 20.7. The van der Waals surface area contributed by atoms with Crippen LogP contribution in [-0.4, -0.2) is 54.5 Å². The molecular formula is C25H37FN6O2. The fourth-order valence-corrected chi connectivity index (χ4v) is 3.78. The van der Waals surface area contributed by atoms with Gasteiger partial charge in [0.25, 0.3) is 0 Å². The number of carbonyl (C=O) groups is 2. The van der Waals surface area contributed by atoms with Gasteiger partial charge in [-0.25, -0.2) is 9.18 Å². The Morgan fingerprint density at radius 1 is 1.24 bits per heavy atom. The molecule has 34 heavy (non-hydrogen) atoms. The zero-order chi connectivity index (χ0) is 25.4. The summed E-state index contributed by atoms with van der Waals surface area (Å²) in [6, 6.07) is 4.57. The number of amides is 3. The number of hydrogen-bond acceptors (Lipinski definition) is 5. The molecule has 1 fully saturated rings. The van der Waals surface area contributed by atoms with Crippen LogP contribution < -0.4 is 22.1 Å². The third kappa shape index (κ3) is 7.08. The highest BCUT2D eigenvalue weighted by molar-refractivity contribution is 5.82. The van der Waals surface area contributed by atoms with Crippen LogP contribution in [0.25, 0.3) is 5.57 Å². The van der Waals surface area contributed by atoms with E-state index in [9.17, 15) is 14.0 Å². The summed E-state index contributed by atoms with van der Waals surface area (Å²) in [5.74, 6) is -1.19.